The Morgan fingerprint density at radius 2 is 1.56 bits per heavy atom. The lowest BCUT2D eigenvalue weighted by Crippen LogP contribution is -2.10. The van der Waals surface area contributed by atoms with Crippen molar-refractivity contribution in [2.45, 2.75) is 51.9 Å². The normalized spacial score (nSPS) is 9.83. The molecule has 0 heterocycles. The predicted molar refractivity (Wildman–Crippen MR) is 79.3 cm³/mol. The molecule has 0 aliphatic heterocycles. The molecule has 102 valence electrons. The van der Waals surface area contributed by atoms with Gasteiger partial charge in [-0.05, 0) is 30.5 Å². The summed E-state index contributed by atoms with van der Waals surface area (Å²) in [4.78, 5) is 10.9. The Balaban J connectivity index is 0.00000289. The van der Waals surface area contributed by atoms with Crippen LogP contribution in [0, 0.1) is 0 Å². The third-order valence-corrected chi connectivity index (χ3v) is 3.06. The van der Waals surface area contributed by atoms with Gasteiger partial charge in [-0.25, -0.2) is 0 Å². The molecular weight excluding hydrogens is 246 g/mol. The molecular formula is C15H24ClNO. The van der Waals surface area contributed by atoms with Gasteiger partial charge in [0.15, 0.2) is 0 Å². The molecule has 0 aliphatic rings. The molecule has 0 aliphatic carbocycles. The van der Waals surface area contributed by atoms with Crippen LogP contribution in [0.5, 0.6) is 0 Å². The van der Waals surface area contributed by atoms with Gasteiger partial charge >= 0.3 is 0 Å². The van der Waals surface area contributed by atoms with E-state index in [1.165, 1.54) is 44.1 Å². The molecule has 1 rings (SSSR count). The van der Waals surface area contributed by atoms with Crippen LogP contribution in [-0.2, 0) is 6.42 Å². The van der Waals surface area contributed by atoms with Gasteiger partial charge in [-0.1, -0.05) is 51.2 Å². The lowest BCUT2D eigenvalue weighted by molar-refractivity contribution is 0.100. The van der Waals surface area contributed by atoms with Crippen molar-refractivity contribution in [2.24, 2.45) is 5.73 Å². The average Bonchev–Trinajstić information content (AvgIpc) is 2.34. The van der Waals surface area contributed by atoms with Crippen molar-refractivity contribution < 1.29 is 4.79 Å². The molecule has 1 aromatic carbocycles. The zero-order valence-electron chi connectivity index (χ0n) is 11.2. The number of carbonyl (C=O) groups excluding carboxylic acids is 1. The van der Waals surface area contributed by atoms with Crippen LogP contribution >= 0.6 is 12.4 Å². The topological polar surface area (TPSA) is 43.1 Å². The summed E-state index contributed by atoms with van der Waals surface area (Å²) >= 11 is 0. The maximum atomic E-state index is 10.9. The molecule has 0 bridgehead atoms. The molecule has 1 aromatic rings. The summed E-state index contributed by atoms with van der Waals surface area (Å²) in [6, 6.07) is 7.64. The van der Waals surface area contributed by atoms with Gasteiger partial charge in [0.1, 0.15) is 0 Å². The number of unbranched alkanes of at least 4 members (excludes halogenated alkanes) is 5. The van der Waals surface area contributed by atoms with Gasteiger partial charge in [0.25, 0.3) is 0 Å². The van der Waals surface area contributed by atoms with Crippen molar-refractivity contribution in [3.63, 3.8) is 0 Å². The highest BCUT2D eigenvalue weighted by Gasteiger charge is 1.99. The molecule has 3 heteroatoms. The molecule has 0 saturated heterocycles. The van der Waals surface area contributed by atoms with Gasteiger partial charge in [0.05, 0.1) is 0 Å². The second-order valence-electron chi connectivity index (χ2n) is 4.58. The van der Waals surface area contributed by atoms with E-state index in [1.54, 1.807) is 0 Å². The minimum absolute atomic E-state index is 0. The second kappa shape index (κ2) is 9.95. The Bertz CT molecular complexity index is 335. The zero-order chi connectivity index (χ0) is 12.5. The fourth-order valence-electron chi connectivity index (χ4n) is 1.95. The fraction of sp³-hybridized carbons (Fsp3) is 0.533. The molecule has 0 spiro atoms. The lowest BCUT2D eigenvalue weighted by atomic mass is 10.0. The highest BCUT2D eigenvalue weighted by Crippen LogP contribution is 2.10. The number of hydrogen-bond acceptors (Lipinski definition) is 1. The summed E-state index contributed by atoms with van der Waals surface area (Å²) in [7, 11) is 0. The monoisotopic (exact) mass is 269 g/mol. The number of benzene rings is 1. The van der Waals surface area contributed by atoms with Gasteiger partial charge in [0, 0.05) is 5.56 Å². The van der Waals surface area contributed by atoms with Crippen LogP contribution in [0.25, 0.3) is 0 Å². The first-order chi connectivity index (χ1) is 8.24. The largest absolute Gasteiger partial charge is 0.366 e. The zero-order valence-corrected chi connectivity index (χ0v) is 12.0. The number of nitrogens with two attached hydrogens (primary N) is 1. The highest BCUT2D eigenvalue weighted by atomic mass is 35.5. The van der Waals surface area contributed by atoms with Crippen molar-refractivity contribution >= 4 is 18.3 Å². The number of aryl methyl sites for hydroxylation is 1. The van der Waals surface area contributed by atoms with Crippen molar-refractivity contribution in [3.05, 3.63) is 35.4 Å². The maximum Gasteiger partial charge on any atom is 0.248 e. The van der Waals surface area contributed by atoms with Crippen molar-refractivity contribution in [1.82, 2.24) is 0 Å². The molecule has 2 N–H and O–H groups in total. The number of carbonyl (C=O) groups is 1. The second-order valence-corrected chi connectivity index (χ2v) is 4.58. The SMILES string of the molecule is CCCCCCCCc1ccc(C(N)=O)cc1.Cl. The number of halogens is 1. The number of amides is 1. The third kappa shape index (κ3) is 6.65. The molecule has 0 aromatic heterocycles. The maximum absolute atomic E-state index is 10.9. The van der Waals surface area contributed by atoms with Crippen LogP contribution in [0.3, 0.4) is 0 Å². The van der Waals surface area contributed by atoms with Crippen LogP contribution in [0.4, 0.5) is 0 Å². The molecule has 1 amide bonds. The standard InChI is InChI=1S/C15H23NO.ClH/c1-2-3-4-5-6-7-8-13-9-11-14(12-10-13)15(16)17;/h9-12H,2-8H2,1H3,(H2,16,17);1H. The van der Waals surface area contributed by atoms with Crippen LogP contribution in [0.1, 0.15) is 61.4 Å². The van der Waals surface area contributed by atoms with Gasteiger partial charge in [0.2, 0.25) is 5.91 Å². The van der Waals surface area contributed by atoms with E-state index in [2.05, 4.69) is 6.92 Å². The van der Waals surface area contributed by atoms with Crippen LogP contribution < -0.4 is 5.73 Å². The molecule has 0 unspecified atom stereocenters. The number of primary amides is 1. The first-order valence-corrected chi connectivity index (χ1v) is 6.62. The molecule has 2 nitrogen and oxygen atoms in total. The Labute approximate surface area is 116 Å². The quantitative estimate of drug-likeness (QED) is 0.709. The van der Waals surface area contributed by atoms with E-state index in [4.69, 9.17) is 5.73 Å². The Morgan fingerprint density at radius 1 is 1.00 bits per heavy atom. The van der Waals surface area contributed by atoms with Crippen LogP contribution in [0.15, 0.2) is 24.3 Å². The van der Waals surface area contributed by atoms with E-state index < -0.39 is 0 Å². The summed E-state index contributed by atoms with van der Waals surface area (Å²) in [5.74, 6) is -0.351. The summed E-state index contributed by atoms with van der Waals surface area (Å²) in [6.45, 7) is 2.24. The van der Waals surface area contributed by atoms with Crippen molar-refractivity contribution in [1.29, 1.82) is 0 Å². The molecule has 0 saturated carbocycles. The van der Waals surface area contributed by atoms with E-state index >= 15 is 0 Å². The van der Waals surface area contributed by atoms with Crippen LogP contribution in [0.2, 0.25) is 0 Å². The number of hydrogen-bond donors (Lipinski definition) is 1. The minimum atomic E-state index is -0.351. The summed E-state index contributed by atoms with van der Waals surface area (Å²) in [6.07, 6.45) is 8.99. The van der Waals surface area contributed by atoms with Gasteiger partial charge in [-0.2, -0.15) is 0 Å². The number of rotatable bonds is 8. The Morgan fingerprint density at radius 3 is 2.11 bits per heavy atom. The van der Waals surface area contributed by atoms with Crippen molar-refractivity contribution in [3.8, 4) is 0 Å². The van der Waals surface area contributed by atoms with E-state index in [-0.39, 0.29) is 18.3 Å². The van der Waals surface area contributed by atoms with E-state index in [0.29, 0.717) is 5.56 Å². The highest BCUT2D eigenvalue weighted by molar-refractivity contribution is 5.92. The fourth-order valence-corrected chi connectivity index (χ4v) is 1.95. The first kappa shape index (κ1) is 17.0. The third-order valence-electron chi connectivity index (χ3n) is 3.06. The summed E-state index contributed by atoms with van der Waals surface area (Å²) in [5.41, 5.74) is 7.08. The van der Waals surface area contributed by atoms with Crippen LogP contribution in [-0.4, -0.2) is 5.91 Å². The molecule has 18 heavy (non-hydrogen) atoms. The summed E-state index contributed by atoms with van der Waals surface area (Å²) < 4.78 is 0. The molecule has 0 radical (unpaired) electrons. The first-order valence-electron chi connectivity index (χ1n) is 6.62. The Hall–Kier alpha value is -1.02. The summed E-state index contributed by atoms with van der Waals surface area (Å²) in [5, 5.41) is 0. The van der Waals surface area contributed by atoms with Crippen molar-refractivity contribution in [2.75, 3.05) is 0 Å². The predicted octanol–water partition coefficient (Wildman–Crippen LogP) is 4.11. The smallest absolute Gasteiger partial charge is 0.248 e. The van der Waals surface area contributed by atoms with E-state index in [1.807, 2.05) is 24.3 Å². The average molecular weight is 270 g/mol. The van der Waals surface area contributed by atoms with Gasteiger partial charge in [-0.15, -0.1) is 12.4 Å². The molecule has 0 fully saturated rings. The van der Waals surface area contributed by atoms with E-state index in [9.17, 15) is 4.79 Å². The van der Waals surface area contributed by atoms with E-state index in [0.717, 1.165) is 6.42 Å². The lowest BCUT2D eigenvalue weighted by Gasteiger charge is -2.03. The van der Waals surface area contributed by atoms with Gasteiger partial charge < -0.3 is 5.73 Å². The molecule has 0 atom stereocenters. The van der Waals surface area contributed by atoms with Gasteiger partial charge in [-0.3, -0.25) is 4.79 Å². The minimum Gasteiger partial charge on any atom is -0.366 e. The Kier molecular flexibility index (Phi) is 9.39.